The first-order valence-corrected chi connectivity index (χ1v) is 7.92. The molecule has 6 nitrogen and oxygen atoms in total. The first-order chi connectivity index (χ1) is 11.1. The number of aromatic nitrogens is 2. The maximum atomic E-state index is 12.3. The number of benzene rings is 1. The Balaban J connectivity index is 1.57. The van der Waals surface area contributed by atoms with Crippen LogP contribution in [0.4, 0.5) is 0 Å². The number of hydrogen-bond donors (Lipinski definition) is 3. The third-order valence-corrected chi connectivity index (χ3v) is 3.99. The lowest BCUT2D eigenvalue weighted by molar-refractivity contribution is 0.0926. The van der Waals surface area contributed by atoms with Crippen LogP contribution in [0.1, 0.15) is 34.2 Å². The minimum absolute atomic E-state index is 0.118. The zero-order valence-electron chi connectivity index (χ0n) is 13.5. The van der Waals surface area contributed by atoms with Crippen molar-refractivity contribution in [3.63, 3.8) is 0 Å². The van der Waals surface area contributed by atoms with Crippen LogP contribution in [0, 0.1) is 6.92 Å². The summed E-state index contributed by atoms with van der Waals surface area (Å²) in [5.74, 6) is 0.682. The molecular formula is C17H22N4O2. The van der Waals surface area contributed by atoms with Crippen LogP contribution >= 0.6 is 0 Å². The fourth-order valence-corrected chi connectivity index (χ4v) is 2.68. The molecule has 0 aliphatic carbocycles. The van der Waals surface area contributed by atoms with Crippen molar-refractivity contribution in [1.82, 2.24) is 20.8 Å². The van der Waals surface area contributed by atoms with E-state index in [1.165, 1.54) is 0 Å². The van der Waals surface area contributed by atoms with Crippen LogP contribution in [0.2, 0.25) is 0 Å². The lowest BCUT2D eigenvalue weighted by atomic mass is 10.1. The largest absolute Gasteiger partial charge is 0.489 e. The summed E-state index contributed by atoms with van der Waals surface area (Å²) >= 11 is 0. The van der Waals surface area contributed by atoms with Gasteiger partial charge in [0.2, 0.25) is 0 Å². The Hall–Kier alpha value is -2.34. The first-order valence-electron chi connectivity index (χ1n) is 7.92. The monoisotopic (exact) mass is 314 g/mol. The van der Waals surface area contributed by atoms with E-state index in [1.54, 1.807) is 0 Å². The second-order valence-corrected chi connectivity index (χ2v) is 5.86. The number of aromatic amines is 1. The van der Waals surface area contributed by atoms with Gasteiger partial charge in [-0.05, 0) is 25.5 Å². The minimum Gasteiger partial charge on any atom is -0.489 e. The highest BCUT2D eigenvalue weighted by Gasteiger charge is 2.21. The molecule has 3 N–H and O–H groups in total. The Morgan fingerprint density at radius 3 is 3.09 bits per heavy atom. The van der Waals surface area contributed by atoms with Gasteiger partial charge in [0, 0.05) is 30.8 Å². The lowest BCUT2D eigenvalue weighted by Crippen LogP contribution is -2.35. The minimum atomic E-state index is -0.161. The lowest BCUT2D eigenvalue weighted by Gasteiger charge is -2.17. The van der Waals surface area contributed by atoms with Gasteiger partial charge in [-0.3, -0.25) is 9.89 Å². The number of carbonyl (C=O) groups excluding carboxylic acids is 1. The Bertz CT molecular complexity index is 696. The first kappa shape index (κ1) is 15.6. The molecule has 2 heterocycles. The standard InChI is InChI=1S/C17H22N4O2/c1-11-5-3-4-6-15(11)23-12(2)9-19-17(22)16-13-10-18-8-7-14(13)20-21-16/h3-6,12,18H,7-10H2,1-2H3,(H,19,22)(H,20,21). The molecule has 0 radical (unpaired) electrons. The number of nitrogens with one attached hydrogen (secondary N) is 3. The summed E-state index contributed by atoms with van der Waals surface area (Å²) in [7, 11) is 0. The second kappa shape index (κ2) is 6.83. The van der Waals surface area contributed by atoms with Gasteiger partial charge in [-0.15, -0.1) is 0 Å². The molecule has 0 saturated heterocycles. The summed E-state index contributed by atoms with van der Waals surface area (Å²) in [6, 6.07) is 7.85. The van der Waals surface area contributed by atoms with Gasteiger partial charge in [-0.25, -0.2) is 0 Å². The van der Waals surface area contributed by atoms with Crippen molar-refractivity contribution in [1.29, 1.82) is 0 Å². The molecule has 0 spiro atoms. The molecule has 1 aliphatic rings. The molecule has 0 fully saturated rings. The third-order valence-electron chi connectivity index (χ3n) is 3.99. The Morgan fingerprint density at radius 2 is 2.26 bits per heavy atom. The molecule has 6 heteroatoms. The number of H-pyrrole nitrogens is 1. The number of carbonyl (C=O) groups is 1. The molecule has 122 valence electrons. The quantitative estimate of drug-likeness (QED) is 0.782. The van der Waals surface area contributed by atoms with E-state index in [2.05, 4.69) is 20.8 Å². The van der Waals surface area contributed by atoms with Crippen LogP contribution in [0.25, 0.3) is 0 Å². The van der Waals surface area contributed by atoms with E-state index >= 15 is 0 Å². The van der Waals surface area contributed by atoms with Crippen molar-refractivity contribution >= 4 is 5.91 Å². The SMILES string of the molecule is Cc1ccccc1OC(C)CNC(=O)c1n[nH]c2c1CNCC2. The predicted molar refractivity (Wildman–Crippen MR) is 87.6 cm³/mol. The highest BCUT2D eigenvalue weighted by Crippen LogP contribution is 2.18. The molecule has 1 amide bonds. The van der Waals surface area contributed by atoms with E-state index in [0.29, 0.717) is 18.8 Å². The molecular weight excluding hydrogens is 292 g/mol. The average molecular weight is 314 g/mol. The van der Waals surface area contributed by atoms with Crippen molar-refractivity contribution in [3.8, 4) is 5.75 Å². The number of para-hydroxylation sites is 1. The van der Waals surface area contributed by atoms with Crippen molar-refractivity contribution in [2.24, 2.45) is 0 Å². The van der Waals surface area contributed by atoms with Gasteiger partial charge in [-0.1, -0.05) is 18.2 Å². The fourth-order valence-electron chi connectivity index (χ4n) is 2.68. The average Bonchev–Trinajstić information content (AvgIpc) is 2.99. The van der Waals surface area contributed by atoms with Gasteiger partial charge in [-0.2, -0.15) is 5.10 Å². The Kier molecular flexibility index (Phi) is 4.62. The highest BCUT2D eigenvalue weighted by molar-refractivity contribution is 5.94. The third kappa shape index (κ3) is 3.53. The number of amides is 1. The molecule has 1 aliphatic heterocycles. The van der Waals surface area contributed by atoms with Crippen LogP contribution < -0.4 is 15.4 Å². The predicted octanol–water partition coefficient (Wildman–Crippen LogP) is 1.56. The van der Waals surface area contributed by atoms with Gasteiger partial charge in [0.1, 0.15) is 11.9 Å². The topological polar surface area (TPSA) is 79.0 Å². The summed E-state index contributed by atoms with van der Waals surface area (Å²) in [5.41, 5.74) is 3.59. The zero-order chi connectivity index (χ0) is 16.2. The van der Waals surface area contributed by atoms with Crippen molar-refractivity contribution < 1.29 is 9.53 Å². The molecule has 0 saturated carbocycles. The van der Waals surface area contributed by atoms with E-state index in [0.717, 1.165) is 35.5 Å². The van der Waals surface area contributed by atoms with Crippen LogP contribution in [-0.2, 0) is 13.0 Å². The maximum Gasteiger partial charge on any atom is 0.272 e. The number of ether oxygens (including phenoxy) is 1. The number of aryl methyl sites for hydroxylation is 1. The van der Waals surface area contributed by atoms with Crippen LogP contribution in [-0.4, -0.2) is 35.3 Å². The van der Waals surface area contributed by atoms with Gasteiger partial charge in [0.05, 0.1) is 6.54 Å². The maximum absolute atomic E-state index is 12.3. The summed E-state index contributed by atoms with van der Waals surface area (Å²) in [5, 5.41) is 13.3. The van der Waals surface area contributed by atoms with Crippen LogP contribution in [0.15, 0.2) is 24.3 Å². The molecule has 1 unspecified atom stereocenters. The van der Waals surface area contributed by atoms with Crippen molar-refractivity contribution in [2.45, 2.75) is 32.9 Å². The summed E-state index contributed by atoms with van der Waals surface area (Å²) < 4.78 is 5.87. The molecule has 0 bridgehead atoms. The molecule has 3 rings (SSSR count). The fraction of sp³-hybridized carbons (Fsp3) is 0.412. The van der Waals surface area contributed by atoms with E-state index < -0.39 is 0 Å². The van der Waals surface area contributed by atoms with Crippen molar-refractivity contribution in [3.05, 3.63) is 46.8 Å². The van der Waals surface area contributed by atoms with Gasteiger partial charge >= 0.3 is 0 Å². The number of fused-ring (bicyclic) bond motifs is 1. The summed E-state index contributed by atoms with van der Waals surface area (Å²) in [4.78, 5) is 12.3. The van der Waals surface area contributed by atoms with E-state index in [1.807, 2.05) is 38.1 Å². The second-order valence-electron chi connectivity index (χ2n) is 5.86. The normalized spacial score (nSPS) is 14.9. The summed E-state index contributed by atoms with van der Waals surface area (Å²) in [6.07, 6.45) is 0.760. The molecule has 23 heavy (non-hydrogen) atoms. The molecule has 1 aromatic heterocycles. The highest BCUT2D eigenvalue weighted by atomic mass is 16.5. The Labute approximate surface area is 135 Å². The van der Waals surface area contributed by atoms with Crippen LogP contribution in [0.3, 0.4) is 0 Å². The van der Waals surface area contributed by atoms with Crippen molar-refractivity contribution in [2.75, 3.05) is 13.1 Å². The van der Waals surface area contributed by atoms with E-state index in [4.69, 9.17) is 4.74 Å². The molecule has 2 aromatic rings. The smallest absolute Gasteiger partial charge is 0.272 e. The van der Waals surface area contributed by atoms with E-state index in [-0.39, 0.29) is 12.0 Å². The Morgan fingerprint density at radius 1 is 1.43 bits per heavy atom. The van der Waals surface area contributed by atoms with E-state index in [9.17, 15) is 4.79 Å². The van der Waals surface area contributed by atoms with Gasteiger partial charge < -0.3 is 15.4 Å². The van der Waals surface area contributed by atoms with Gasteiger partial charge in [0.15, 0.2) is 5.69 Å². The molecule has 1 aromatic carbocycles. The number of nitrogens with zero attached hydrogens (tertiary/aromatic N) is 1. The number of hydrogen-bond acceptors (Lipinski definition) is 4. The van der Waals surface area contributed by atoms with Gasteiger partial charge in [0.25, 0.3) is 5.91 Å². The molecule has 1 atom stereocenters. The summed E-state index contributed by atoms with van der Waals surface area (Å²) in [6.45, 7) is 5.97. The number of rotatable bonds is 5. The van der Waals surface area contributed by atoms with Crippen LogP contribution in [0.5, 0.6) is 5.75 Å². The zero-order valence-corrected chi connectivity index (χ0v) is 13.5.